The largest absolute Gasteiger partial charge is 0.354 e. The molecule has 4 heterocycles. The van der Waals surface area contributed by atoms with Crippen molar-refractivity contribution < 1.29 is 0 Å². The summed E-state index contributed by atoms with van der Waals surface area (Å²) in [5.41, 5.74) is 8.42. The van der Waals surface area contributed by atoms with Gasteiger partial charge in [-0.15, -0.1) is 0 Å². The Labute approximate surface area is 202 Å². The van der Waals surface area contributed by atoms with Gasteiger partial charge >= 0.3 is 0 Å². The molecule has 1 saturated heterocycles. The molecule has 1 aliphatic rings. The molecule has 3 aromatic heterocycles. The van der Waals surface area contributed by atoms with E-state index in [1.54, 1.807) is 0 Å². The molecule has 34 heavy (non-hydrogen) atoms. The number of pyridine rings is 2. The van der Waals surface area contributed by atoms with Crippen molar-refractivity contribution in [1.82, 2.24) is 19.9 Å². The molecule has 0 atom stereocenters. The molecular formula is C29H35N5. The molecule has 0 saturated carbocycles. The van der Waals surface area contributed by atoms with E-state index in [0.29, 0.717) is 12.0 Å². The highest BCUT2D eigenvalue weighted by Gasteiger charge is 2.21. The lowest BCUT2D eigenvalue weighted by atomic mass is 9.94. The number of anilines is 1. The van der Waals surface area contributed by atoms with Crippen LogP contribution in [0.15, 0.2) is 54.9 Å². The van der Waals surface area contributed by atoms with E-state index < -0.39 is 0 Å². The summed E-state index contributed by atoms with van der Waals surface area (Å²) in [6, 6.07) is 16.0. The Kier molecular flexibility index (Phi) is 6.13. The molecule has 4 aromatic rings. The van der Waals surface area contributed by atoms with Gasteiger partial charge in [-0.2, -0.15) is 0 Å². The molecule has 0 amide bonds. The van der Waals surface area contributed by atoms with Crippen molar-refractivity contribution in [2.75, 3.05) is 31.1 Å². The first-order valence-corrected chi connectivity index (χ1v) is 12.4. The second kappa shape index (κ2) is 9.22. The van der Waals surface area contributed by atoms with E-state index in [9.17, 15) is 0 Å². The highest BCUT2D eigenvalue weighted by atomic mass is 15.3. The van der Waals surface area contributed by atoms with Crippen LogP contribution in [0.5, 0.6) is 0 Å². The third-order valence-electron chi connectivity index (χ3n) is 7.05. The van der Waals surface area contributed by atoms with Gasteiger partial charge in [0.15, 0.2) is 0 Å². The SMILES string of the molecule is Cc1cc(-c2[nH]c3ccc(-c4ccnc(N5CCN(C(C)C)CC5)c4)cc3c2C(C)C)ccn1. The van der Waals surface area contributed by atoms with Crippen molar-refractivity contribution in [1.29, 1.82) is 0 Å². The van der Waals surface area contributed by atoms with Gasteiger partial charge in [-0.3, -0.25) is 9.88 Å². The second-order valence-electron chi connectivity index (χ2n) is 10.0. The van der Waals surface area contributed by atoms with Crippen molar-refractivity contribution in [2.24, 2.45) is 0 Å². The van der Waals surface area contributed by atoms with Crippen LogP contribution in [0.4, 0.5) is 5.82 Å². The maximum Gasteiger partial charge on any atom is 0.129 e. The maximum absolute atomic E-state index is 4.71. The van der Waals surface area contributed by atoms with E-state index in [-0.39, 0.29) is 0 Å². The van der Waals surface area contributed by atoms with Crippen LogP contribution in [0.25, 0.3) is 33.3 Å². The molecule has 0 radical (unpaired) electrons. The fraction of sp³-hybridized carbons (Fsp3) is 0.379. The minimum Gasteiger partial charge on any atom is -0.354 e. The van der Waals surface area contributed by atoms with Crippen molar-refractivity contribution in [3.05, 3.63) is 66.1 Å². The van der Waals surface area contributed by atoms with Crippen LogP contribution in [0.2, 0.25) is 0 Å². The molecular weight excluding hydrogens is 418 g/mol. The smallest absolute Gasteiger partial charge is 0.129 e. The lowest BCUT2D eigenvalue weighted by Crippen LogP contribution is -2.49. The number of nitrogens with one attached hydrogen (secondary N) is 1. The number of nitrogens with zero attached hydrogens (tertiary/aromatic N) is 4. The standard InChI is InChI=1S/C29H35N5/c1-19(2)28-25-17-22(6-7-26(25)32-29(28)24-9-10-30-21(5)16-24)23-8-11-31-27(18-23)34-14-12-33(13-15-34)20(3)4/h6-11,16-20,32H,12-15H2,1-5H3. The summed E-state index contributed by atoms with van der Waals surface area (Å²) in [6.07, 6.45) is 3.85. The summed E-state index contributed by atoms with van der Waals surface area (Å²) in [6.45, 7) is 15.4. The summed E-state index contributed by atoms with van der Waals surface area (Å²) in [5, 5.41) is 1.29. The predicted molar refractivity (Wildman–Crippen MR) is 143 cm³/mol. The Morgan fingerprint density at radius 1 is 0.794 bits per heavy atom. The van der Waals surface area contributed by atoms with Gasteiger partial charge < -0.3 is 9.88 Å². The first-order valence-electron chi connectivity index (χ1n) is 12.4. The first-order chi connectivity index (χ1) is 16.4. The van der Waals surface area contributed by atoms with Crippen molar-refractivity contribution in [2.45, 2.75) is 46.6 Å². The first kappa shape index (κ1) is 22.6. The van der Waals surface area contributed by atoms with Gasteiger partial charge in [-0.1, -0.05) is 19.9 Å². The van der Waals surface area contributed by atoms with Gasteiger partial charge in [0.1, 0.15) is 5.82 Å². The Bertz CT molecular complexity index is 1300. The van der Waals surface area contributed by atoms with Gasteiger partial charge in [-0.05, 0) is 79.8 Å². The monoisotopic (exact) mass is 453 g/mol. The third kappa shape index (κ3) is 4.32. The van der Waals surface area contributed by atoms with E-state index in [2.05, 4.69) is 89.9 Å². The Balaban J connectivity index is 1.50. The van der Waals surface area contributed by atoms with Gasteiger partial charge in [0.2, 0.25) is 0 Å². The number of aryl methyl sites for hydroxylation is 1. The molecule has 176 valence electrons. The minimum absolute atomic E-state index is 0.401. The number of aromatic nitrogens is 3. The fourth-order valence-electron chi connectivity index (χ4n) is 5.16. The minimum atomic E-state index is 0.401. The molecule has 0 unspecified atom stereocenters. The number of H-pyrrole nitrogens is 1. The summed E-state index contributed by atoms with van der Waals surface area (Å²) >= 11 is 0. The number of aromatic amines is 1. The van der Waals surface area contributed by atoms with Crippen LogP contribution in [-0.4, -0.2) is 52.1 Å². The molecule has 5 heteroatoms. The van der Waals surface area contributed by atoms with Crippen LogP contribution >= 0.6 is 0 Å². The van der Waals surface area contributed by atoms with Gasteiger partial charge in [0, 0.05) is 66.8 Å². The van der Waals surface area contributed by atoms with E-state index in [1.807, 2.05) is 19.3 Å². The number of hydrogen-bond donors (Lipinski definition) is 1. The normalized spacial score (nSPS) is 15.1. The van der Waals surface area contributed by atoms with Crippen LogP contribution in [0.3, 0.4) is 0 Å². The van der Waals surface area contributed by atoms with Crippen LogP contribution < -0.4 is 4.90 Å². The number of hydrogen-bond acceptors (Lipinski definition) is 4. The zero-order chi connectivity index (χ0) is 23.8. The number of fused-ring (bicyclic) bond motifs is 1. The van der Waals surface area contributed by atoms with E-state index in [0.717, 1.165) is 37.7 Å². The summed E-state index contributed by atoms with van der Waals surface area (Å²) in [4.78, 5) is 17.7. The molecule has 5 nitrogen and oxygen atoms in total. The molecule has 1 fully saturated rings. The molecule has 1 aromatic carbocycles. The Morgan fingerprint density at radius 3 is 2.21 bits per heavy atom. The highest BCUT2D eigenvalue weighted by Crippen LogP contribution is 2.37. The predicted octanol–water partition coefficient (Wildman–Crippen LogP) is 6.25. The molecule has 0 bridgehead atoms. The van der Waals surface area contributed by atoms with E-state index in [1.165, 1.54) is 38.9 Å². The lowest BCUT2D eigenvalue weighted by molar-refractivity contribution is 0.209. The van der Waals surface area contributed by atoms with Gasteiger partial charge in [-0.25, -0.2) is 4.98 Å². The topological polar surface area (TPSA) is 48.1 Å². The lowest BCUT2D eigenvalue weighted by Gasteiger charge is -2.37. The zero-order valence-electron chi connectivity index (χ0n) is 21.0. The molecule has 0 aliphatic carbocycles. The van der Waals surface area contributed by atoms with Crippen molar-refractivity contribution in [3.8, 4) is 22.4 Å². The molecule has 0 spiro atoms. The van der Waals surface area contributed by atoms with E-state index in [4.69, 9.17) is 4.98 Å². The Morgan fingerprint density at radius 2 is 1.50 bits per heavy atom. The number of rotatable bonds is 5. The zero-order valence-corrected chi connectivity index (χ0v) is 21.0. The van der Waals surface area contributed by atoms with Crippen LogP contribution in [0, 0.1) is 6.92 Å². The summed E-state index contributed by atoms with van der Waals surface area (Å²) < 4.78 is 0. The van der Waals surface area contributed by atoms with Gasteiger partial charge in [0.05, 0.1) is 5.69 Å². The molecule has 1 N–H and O–H groups in total. The summed E-state index contributed by atoms with van der Waals surface area (Å²) in [7, 11) is 0. The highest BCUT2D eigenvalue weighted by molar-refractivity contribution is 5.94. The number of benzene rings is 1. The summed E-state index contributed by atoms with van der Waals surface area (Å²) in [5.74, 6) is 1.48. The van der Waals surface area contributed by atoms with Gasteiger partial charge in [0.25, 0.3) is 0 Å². The average molecular weight is 454 g/mol. The second-order valence-corrected chi connectivity index (χ2v) is 10.0. The van der Waals surface area contributed by atoms with Crippen molar-refractivity contribution >= 4 is 16.7 Å². The average Bonchev–Trinajstić information content (AvgIpc) is 3.23. The quantitative estimate of drug-likeness (QED) is 0.388. The van der Waals surface area contributed by atoms with Crippen LogP contribution in [-0.2, 0) is 0 Å². The molecule has 5 rings (SSSR count). The Hall–Kier alpha value is -3.18. The van der Waals surface area contributed by atoms with E-state index >= 15 is 0 Å². The van der Waals surface area contributed by atoms with Crippen molar-refractivity contribution in [3.63, 3.8) is 0 Å². The fourth-order valence-corrected chi connectivity index (χ4v) is 5.16. The number of piperazine rings is 1. The van der Waals surface area contributed by atoms with Crippen LogP contribution in [0.1, 0.15) is 44.9 Å². The molecule has 1 aliphatic heterocycles. The third-order valence-corrected chi connectivity index (χ3v) is 7.05. The maximum atomic E-state index is 4.71.